The number of amides is 2. The van der Waals surface area contributed by atoms with E-state index in [1.807, 2.05) is 0 Å². The minimum Gasteiger partial charge on any atom is -0.506 e. The van der Waals surface area contributed by atoms with Crippen molar-refractivity contribution in [2.24, 2.45) is 4.99 Å². The molecule has 0 saturated carbocycles. The van der Waals surface area contributed by atoms with E-state index in [0.29, 0.717) is 24.9 Å². The van der Waals surface area contributed by atoms with Crippen LogP contribution in [0.1, 0.15) is 22.0 Å². The predicted molar refractivity (Wildman–Crippen MR) is 116 cm³/mol. The number of guanidine groups is 1. The number of anilines is 1. The molecular weight excluding hydrogens is 465 g/mol. The van der Waals surface area contributed by atoms with E-state index in [2.05, 4.69) is 36.5 Å². The Morgan fingerprint density at radius 3 is 2.66 bits per heavy atom. The van der Waals surface area contributed by atoms with E-state index in [9.17, 15) is 24.6 Å². The zero-order valence-electron chi connectivity index (χ0n) is 16.4. The first-order valence-electron chi connectivity index (χ1n) is 9.31. The van der Waals surface area contributed by atoms with Crippen molar-refractivity contribution in [3.05, 3.63) is 39.5 Å². The Bertz CT molecular complexity index is 1070. The minimum atomic E-state index is -1.31. The molecule has 12 nitrogen and oxygen atoms in total. The van der Waals surface area contributed by atoms with Crippen LogP contribution in [-0.2, 0) is 9.59 Å². The molecule has 2 aromatic rings. The number of benzene rings is 1. The lowest BCUT2D eigenvalue weighted by Gasteiger charge is -2.16. The average molecular weight is 484 g/mol. The fraction of sp³-hybridized carbons (Fsp3) is 0.278. The molecule has 0 fully saturated rings. The van der Waals surface area contributed by atoms with Crippen LogP contribution in [0.15, 0.2) is 23.2 Å². The molecule has 2 heterocycles. The van der Waals surface area contributed by atoms with E-state index < -0.39 is 36.0 Å². The molecule has 0 spiro atoms. The first kappa shape index (κ1) is 23.2. The number of carboxylic acid groups (broad SMARTS) is 1. The maximum absolute atomic E-state index is 12.2. The number of hydrogen-bond donors (Lipinski definition) is 7. The molecule has 1 aliphatic rings. The van der Waals surface area contributed by atoms with Gasteiger partial charge in [-0.3, -0.25) is 24.5 Å². The molecule has 3 rings (SSSR count). The van der Waals surface area contributed by atoms with Gasteiger partial charge in [-0.15, -0.1) is 0 Å². The molecular formula is C18H19Cl2N7O5. The smallest absolute Gasteiger partial charge is 0.312 e. The summed E-state index contributed by atoms with van der Waals surface area (Å²) in [4.78, 5) is 40.1. The number of carboxylic acids is 1. The molecule has 0 saturated heterocycles. The fourth-order valence-corrected chi connectivity index (χ4v) is 3.33. The lowest BCUT2D eigenvalue weighted by Crippen LogP contribution is -2.39. The van der Waals surface area contributed by atoms with Gasteiger partial charge in [0.25, 0.3) is 5.91 Å². The number of nitrogens with one attached hydrogen (secondary N) is 5. The van der Waals surface area contributed by atoms with Gasteiger partial charge in [-0.25, -0.2) is 0 Å². The first-order chi connectivity index (χ1) is 15.2. The van der Waals surface area contributed by atoms with E-state index >= 15 is 0 Å². The Balaban J connectivity index is 1.52. The zero-order valence-corrected chi connectivity index (χ0v) is 17.9. The van der Waals surface area contributed by atoms with Gasteiger partial charge < -0.3 is 31.5 Å². The number of aromatic amines is 1. The topological polar surface area (TPSA) is 181 Å². The van der Waals surface area contributed by atoms with Gasteiger partial charge in [-0.1, -0.05) is 23.2 Å². The standard InChI is InChI=1S/C18H19Cl2N7O5/c19-8-3-9(15(29)11(20)4-8)10(17(31)32)6-23-14(28)7-24-16(30)12-5-13(27-26-12)25-18-21-1-2-22-18/h3-5,10,29H,1-2,6-7H2,(H,23,28)(H,24,30)(H,31,32)(H3,21,22,25,26,27). The van der Waals surface area contributed by atoms with Crippen LogP contribution < -0.4 is 21.3 Å². The molecule has 0 radical (unpaired) electrons. The maximum atomic E-state index is 12.2. The highest BCUT2D eigenvalue weighted by atomic mass is 35.5. The summed E-state index contributed by atoms with van der Waals surface area (Å²) >= 11 is 11.7. The van der Waals surface area contributed by atoms with Gasteiger partial charge in [0.1, 0.15) is 17.4 Å². The molecule has 1 atom stereocenters. The molecule has 14 heteroatoms. The largest absolute Gasteiger partial charge is 0.506 e. The Morgan fingerprint density at radius 2 is 1.97 bits per heavy atom. The molecule has 1 aromatic carbocycles. The Kier molecular flexibility index (Phi) is 7.38. The number of hydrogen-bond acceptors (Lipinski definition) is 8. The third-order valence-electron chi connectivity index (χ3n) is 4.39. The number of carbonyl (C=O) groups is 3. The summed E-state index contributed by atoms with van der Waals surface area (Å²) in [6.45, 7) is 0.578. The van der Waals surface area contributed by atoms with Crippen LogP contribution in [0, 0.1) is 0 Å². The summed E-state index contributed by atoms with van der Waals surface area (Å²) in [5, 5.41) is 36.7. The number of nitrogens with zero attached hydrogens (tertiary/aromatic N) is 2. The molecule has 1 aliphatic heterocycles. The normalized spacial score (nSPS) is 13.6. The van der Waals surface area contributed by atoms with E-state index in [-0.39, 0.29) is 27.8 Å². The average Bonchev–Trinajstić information content (AvgIpc) is 3.42. The van der Waals surface area contributed by atoms with Gasteiger partial charge in [-0.05, 0) is 12.1 Å². The van der Waals surface area contributed by atoms with Gasteiger partial charge in [0.05, 0.1) is 18.1 Å². The van der Waals surface area contributed by atoms with Crippen LogP contribution in [0.3, 0.4) is 0 Å². The number of aliphatic imine (C=N–C) groups is 1. The minimum absolute atomic E-state index is 0.0434. The van der Waals surface area contributed by atoms with Crippen molar-refractivity contribution in [3.8, 4) is 5.75 Å². The van der Waals surface area contributed by atoms with Crippen molar-refractivity contribution in [1.82, 2.24) is 26.1 Å². The number of H-pyrrole nitrogens is 1. The summed E-state index contributed by atoms with van der Waals surface area (Å²) in [7, 11) is 0. The summed E-state index contributed by atoms with van der Waals surface area (Å²) in [5.74, 6) is -3.36. The van der Waals surface area contributed by atoms with Crippen molar-refractivity contribution < 1.29 is 24.6 Å². The van der Waals surface area contributed by atoms with Gasteiger partial charge >= 0.3 is 5.97 Å². The first-order valence-corrected chi connectivity index (χ1v) is 10.1. The number of aliphatic carboxylic acids is 1. The molecule has 7 N–H and O–H groups in total. The summed E-state index contributed by atoms with van der Waals surface area (Å²) in [6.07, 6.45) is 0. The van der Waals surface area contributed by atoms with Crippen molar-refractivity contribution >= 4 is 52.8 Å². The quantitative estimate of drug-likeness (QED) is 0.283. The van der Waals surface area contributed by atoms with E-state index in [1.165, 1.54) is 18.2 Å². The second kappa shape index (κ2) is 10.2. The number of aromatic nitrogens is 2. The van der Waals surface area contributed by atoms with Crippen LogP contribution in [0.4, 0.5) is 5.82 Å². The van der Waals surface area contributed by atoms with Gasteiger partial charge in [0.15, 0.2) is 11.8 Å². The third kappa shape index (κ3) is 5.80. The predicted octanol–water partition coefficient (Wildman–Crippen LogP) is 0.508. The van der Waals surface area contributed by atoms with Crippen LogP contribution in [0.2, 0.25) is 10.0 Å². The Hall–Kier alpha value is -3.51. The number of aromatic hydroxyl groups is 1. The molecule has 0 bridgehead atoms. The van der Waals surface area contributed by atoms with E-state index in [1.54, 1.807) is 0 Å². The van der Waals surface area contributed by atoms with Gasteiger partial charge in [-0.2, -0.15) is 5.10 Å². The zero-order chi connectivity index (χ0) is 23.3. The van der Waals surface area contributed by atoms with Crippen LogP contribution in [-0.4, -0.2) is 70.3 Å². The molecule has 0 aliphatic carbocycles. The number of carbonyl (C=O) groups excluding carboxylic acids is 2. The lowest BCUT2D eigenvalue weighted by molar-refractivity contribution is -0.138. The molecule has 2 amide bonds. The molecule has 170 valence electrons. The summed E-state index contributed by atoms with van der Waals surface area (Å²) in [6, 6.07) is 3.97. The van der Waals surface area contributed by atoms with Crippen molar-refractivity contribution in [1.29, 1.82) is 0 Å². The van der Waals surface area contributed by atoms with Crippen LogP contribution in [0.25, 0.3) is 0 Å². The monoisotopic (exact) mass is 483 g/mol. The molecule has 1 aromatic heterocycles. The second-order valence-electron chi connectivity index (χ2n) is 6.65. The van der Waals surface area contributed by atoms with Gasteiger partial charge in [0.2, 0.25) is 5.91 Å². The summed E-state index contributed by atoms with van der Waals surface area (Å²) in [5.41, 5.74) is 0.0685. The Labute approximate surface area is 191 Å². The highest BCUT2D eigenvalue weighted by Crippen LogP contribution is 2.35. The third-order valence-corrected chi connectivity index (χ3v) is 4.89. The highest BCUT2D eigenvalue weighted by Gasteiger charge is 2.25. The highest BCUT2D eigenvalue weighted by molar-refractivity contribution is 6.35. The lowest BCUT2D eigenvalue weighted by atomic mass is 9.98. The Morgan fingerprint density at radius 1 is 1.19 bits per heavy atom. The SMILES string of the molecule is O=C(CNC(=O)c1cc(NC2=NCCN2)n[nH]1)NCC(C(=O)O)c1cc(Cl)cc(Cl)c1O. The number of phenolic OH excluding ortho intramolecular Hbond substituents is 1. The number of halogens is 2. The van der Waals surface area contributed by atoms with E-state index in [4.69, 9.17) is 23.2 Å². The van der Waals surface area contributed by atoms with Crippen LogP contribution in [0.5, 0.6) is 5.75 Å². The van der Waals surface area contributed by atoms with Crippen molar-refractivity contribution in [2.45, 2.75) is 5.92 Å². The van der Waals surface area contributed by atoms with E-state index in [0.717, 1.165) is 0 Å². The van der Waals surface area contributed by atoms with Gasteiger partial charge in [0, 0.05) is 29.7 Å². The maximum Gasteiger partial charge on any atom is 0.312 e. The number of rotatable bonds is 8. The van der Waals surface area contributed by atoms with Crippen LogP contribution >= 0.6 is 23.2 Å². The second-order valence-corrected chi connectivity index (χ2v) is 7.50. The van der Waals surface area contributed by atoms with Crippen molar-refractivity contribution in [2.75, 3.05) is 31.5 Å². The molecule has 32 heavy (non-hydrogen) atoms. The number of phenols is 1. The fourth-order valence-electron chi connectivity index (χ4n) is 2.82. The molecule has 1 unspecified atom stereocenters. The van der Waals surface area contributed by atoms with Crippen molar-refractivity contribution in [3.63, 3.8) is 0 Å². The summed E-state index contributed by atoms with van der Waals surface area (Å²) < 4.78 is 0.